The second-order valence-corrected chi connectivity index (χ2v) is 15.3. The van der Waals surface area contributed by atoms with Gasteiger partial charge in [0, 0.05) is 37.6 Å². The third kappa shape index (κ3) is 4.83. The molecular weight excluding hydrogens is 685 g/mol. The van der Waals surface area contributed by atoms with Crippen LogP contribution in [-0.2, 0) is 5.41 Å². The van der Waals surface area contributed by atoms with Crippen LogP contribution in [0.2, 0.25) is 0 Å². The lowest BCUT2D eigenvalue weighted by atomic mass is 9.68. The maximum Gasteiger partial charge on any atom is 0.138 e. The van der Waals surface area contributed by atoms with Gasteiger partial charge in [0.25, 0.3) is 0 Å². The van der Waals surface area contributed by atoms with Crippen LogP contribution in [-0.4, -0.2) is 4.98 Å². The van der Waals surface area contributed by atoms with Gasteiger partial charge < -0.3 is 0 Å². The summed E-state index contributed by atoms with van der Waals surface area (Å²) in [4.78, 5) is 7.68. The van der Waals surface area contributed by atoms with Gasteiger partial charge in [0.2, 0.25) is 0 Å². The van der Waals surface area contributed by atoms with Gasteiger partial charge in [-0.05, 0) is 74.0 Å². The number of hydrogen-bond acceptors (Lipinski definition) is 3. The van der Waals surface area contributed by atoms with E-state index in [1.807, 2.05) is 11.3 Å². The third-order valence-electron chi connectivity index (χ3n) is 11.4. The molecule has 11 rings (SSSR count). The number of benzene rings is 8. The molecule has 0 bridgehead atoms. The third-order valence-corrected chi connectivity index (χ3v) is 12.6. The summed E-state index contributed by atoms with van der Waals surface area (Å²) < 4.78 is 2.52. The van der Waals surface area contributed by atoms with E-state index in [0.717, 1.165) is 17.2 Å². The largest absolute Gasteiger partial charge is 0.294 e. The Morgan fingerprint density at radius 1 is 0.473 bits per heavy atom. The lowest BCUT2D eigenvalue weighted by Crippen LogP contribution is -2.28. The molecule has 0 fully saturated rings. The van der Waals surface area contributed by atoms with Crippen LogP contribution in [0.15, 0.2) is 206 Å². The maximum atomic E-state index is 5.31. The first-order valence-electron chi connectivity index (χ1n) is 18.8. The van der Waals surface area contributed by atoms with Crippen molar-refractivity contribution in [2.75, 3.05) is 4.90 Å². The fourth-order valence-electron chi connectivity index (χ4n) is 9.00. The number of nitrogens with zero attached hydrogens (tertiary/aromatic N) is 2. The molecule has 0 unspecified atom stereocenters. The van der Waals surface area contributed by atoms with Crippen LogP contribution < -0.4 is 4.90 Å². The van der Waals surface area contributed by atoms with Gasteiger partial charge >= 0.3 is 0 Å². The number of anilines is 3. The van der Waals surface area contributed by atoms with Crippen molar-refractivity contribution in [2.45, 2.75) is 5.41 Å². The van der Waals surface area contributed by atoms with E-state index in [9.17, 15) is 0 Å². The molecule has 0 radical (unpaired) electrons. The molecule has 258 valence electrons. The monoisotopic (exact) mass is 718 g/mol. The average molecular weight is 719 g/mol. The van der Waals surface area contributed by atoms with Crippen molar-refractivity contribution in [1.82, 2.24) is 4.98 Å². The van der Waals surface area contributed by atoms with E-state index in [0.29, 0.717) is 0 Å². The molecule has 10 aromatic rings. The number of hydrogen-bond donors (Lipinski definition) is 0. The summed E-state index contributed by atoms with van der Waals surface area (Å²) >= 11 is 1.85. The SMILES string of the molecule is c1ccc(-c2ccc(N(c3cc4sc5c6ccccc6ccc5c4cn3)c3cccc4c3-c3ccccc3C4(c3ccccc3)c3ccccc3)cc2)cc1. The Morgan fingerprint density at radius 3 is 1.87 bits per heavy atom. The first-order chi connectivity index (χ1) is 27.3. The Balaban J connectivity index is 1.18. The Bertz CT molecular complexity index is 2980. The number of rotatable bonds is 6. The van der Waals surface area contributed by atoms with Crippen LogP contribution in [0.5, 0.6) is 0 Å². The van der Waals surface area contributed by atoms with Crippen molar-refractivity contribution >= 4 is 59.5 Å². The molecule has 0 saturated heterocycles. The molecule has 0 atom stereocenters. The standard InChI is InChI=1S/C52H34N2S/c1-4-15-35(16-5-1)36-27-30-40(31-28-36)54(49-33-48-44(34-53-49)42-32-29-37-17-10-11-22-41(37)51(42)55-48)47-26-14-25-46-50(47)43-23-12-13-24-45(43)52(46,38-18-6-2-7-19-38)39-20-8-3-9-21-39/h1-34H. The van der Waals surface area contributed by atoms with E-state index in [1.165, 1.54) is 75.5 Å². The molecule has 0 spiro atoms. The Labute approximate surface area is 324 Å². The normalized spacial score (nSPS) is 12.9. The van der Waals surface area contributed by atoms with E-state index in [4.69, 9.17) is 4.98 Å². The fourth-order valence-corrected chi connectivity index (χ4v) is 10.2. The topological polar surface area (TPSA) is 16.1 Å². The summed E-state index contributed by atoms with van der Waals surface area (Å²) in [6, 6.07) is 72.9. The van der Waals surface area contributed by atoms with Crippen molar-refractivity contribution in [3.05, 3.63) is 229 Å². The number of pyridine rings is 1. The van der Waals surface area contributed by atoms with E-state index in [1.54, 1.807) is 0 Å². The molecule has 1 aliphatic carbocycles. The average Bonchev–Trinajstić information content (AvgIpc) is 3.79. The molecule has 0 saturated carbocycles. The van der Waals surface area contributed by atoms with Crippen molar-refractivity contribution in [2.24, 2.45) is 0 Å². The highest BCUT2D eigenvalue weighted by atomic mass is 32.1. The second-order valence-electron chi connectivity index (χ2n) is 14.3. The van der Waals surface area contributed by atoms with E-state index >= 15 is 0 Å². The van der Waals surface area contributed by atoms with Crippen LogP contribution in [0.4, 0.5) is 17.2 Å². The summed E-state index contributed by atoms with van der Waals surface area (Å²) in [5, 5.41) is 4.98. The quantitative estimate of drug-likeness (QED) is 0.170. The van der Waals surface area contributed by atoms with Crippen molar-refractivity contribution < 1.29 is 0 Å². The highest BCUT2D eigenvalue weighted by molar-refractivity contribution is 7.26. The fraction of sp³-hybridized carbons (Fsp3) is 0.0192. The Kier molecular flexibility index (Phi) is 7.29. The molecule has 8 aromatic carbocycles. The predicted molar refractivity (Wildman–Crippen MR) is 232 cm³/mol. The van der Waals surface area contributed by atoms with Gasteiger partial charge in [-0.1, -0.05) is 176 Å². The Hall–Kier alpha value is -6.81. The molecule has 3 heteroatoms. The van der Waals surface area contributed by atoms with Crippen LogP contribution in [0, 0.1) is 0 Å². The molecule has 0 amide bonds. The van der Waals surface area contributed by atoms with E-state index < -0.39 is 5.41 Å². The molecule has 0 N–H and O–H groups in total. The summed E-state index contributed by atoms with van der Waals surface area (Å²) in [7, 11) is 0. The zero-order chi connectivity index (χ0) is 36.3. The molecule has 2 nitrogen and oxygen atoms in total. The van der Waals surface area contributed by atoms with E-state index in [2.05, 4.69) is 211 Å². The first kappa shape index (κ1) is 31.7. The number of thiophene rings is 1. The maximum absolute atomic E-state index is 5.31. The molecule has 2 heterocycles. The van der Waals surface area contributed by atoms with Crippen molar-refractivity contribution in [3.8, 4) is 22.3 Å². The minimum absolute atomic E-state index is 0.503. The first-order valence-corrected chi connectivity index (χ1v) is 19.6. The number of fused-ring (bicyclic) bond motifs is 8. The van der Waals surface area contributed by atoms with Crippen LogP contribution >= 0.6 is 11.3 Å². The van der Waals surface area contributed by atoms with Gasteiger partial charge in [0.15, 0.2) is 0 Å². The van der Waals surface area contributed by atoms with Crippen LogP contribution in [0.1, 0.15) is 22.3 Å². The van der Waals surface area contributed by atoms with E-state index in [-0.39, 0.29) is 0 Å². The summed E-state index contributed by atoms with van der Waals surface area (Å²) in [5.74, 6) is 0.888. The van der Waals surface area contributed by atoms with Crippen LogP contribution in [0.25, 0.3) is 53.2 Å². The molecular formula is C52H34N2S. The Morgan fingerprint density at radius 2 is 1.11 bits per heavy atom. The zero-order valence-electron chi connectivity index (χ0n) is 29.9. The summed E-state index contributed by atoms with van der Waals surface area (Å²) in [6.45, 7) is 0. The molecule has 0 aliphatic heterocycles. The number of aromatic nitrogens is 1. The van der Waals surface area contributed by atoms with Crippen LogP contribution in [0.3, 0.4) is 0 Å². The van der Waals surface area contributed by atoms with Gasteiger partial charge in [0.05, 0.1) is 11.1 Å². The van der Waals surface area contributed by atoms with Gasteiger partial charge in [-0.3, -0.25) is 4.90 Å². The van der Waals surface area contributed by atoms with Crippen molar-refractivity contribution in [3.63, 3.8) is 0 Å². The molecule has 1 aliphatic rings. The smallest absolute Gasteiger partial charge is 0.138 e. The van der Waals surface area contributed by atoms with Crippen molar-refractivity contribution in [1.29, 1.82) is 0 Å². The molecule has 55 heavy (non-hydrogen) atoms. The van der Waals surface area contributed by atoms with Gasteiger partial charge in [0.1, 0.15) is 5.82 Å². The lowest BCUT2D eigenvalue weighted by molar-refractivity contribution is 0.768. The zero-order valence-corrected chi connectivity index (χ0v) is 30.7. The van der Waals surface area contributed by atoms with Gasteiger partial charge in [-0.15, -0.1) is 11.3 Å². The highest BCUT2D eigenvalue weighted by Crippen LogP contribution is 2.59. The lowest BCUT2D eigenvalue weighted by Gasteiger charge is -2.34. The summed E-state index contributed by atoms with van der Waals surface area (Å²) in [5.41, 5.74) is 11.5. The van der Waals surface area contributed by atoms with Gasteiger partial charge in [-0.2, -0.15) is 0 Å². The van der Waals surface area contributed by atoms with Gasteiger partial charge in [-0.25, -0.2) is 4.98 Å². The minimum atomic E-state index is -0.503. The predicted octanol–water partition coefficient (Wildman–Crippen LogP) is 14.1. The highest BCUT2D eigenvalue weighted by Gasteiger charge is 2.47. The second kappa shape index (κ2) is 12.7. The minimum Gasteiger partial charge on any atom is -0.294 e. The molecule has 2 aromatic heterocycles. The summed E-state index contributed by atoms with van der Waals surface area (Å²) in [6.07, 6.45) is 2.08.